The van der Waals surface area contributed by atoms with Gasteiger partial charge in [-0.25, -0.2) is 8.78 Å². The maximum absolute atomic E-state index is 17.2. The highest BCUT2D eigenvalue weighted by atomic mass is 28.3. The van der Waals surface area contributed by atoms with E-state index in [0.29, 0.717) is 0 Å². The molecule has 1 aromatic rings. The summed E-state index contributed by atoms with van der Waals surface area (Å²) in [6.07, 6.45) is 0. The summed E-state index contributed by atoms with van der Waals surface area (Å²) >= 11 is 0. The van der Waals surface area contributed by atoms with Crippen molar-refractivity contribution < 1.29 is 8.78 Å². The third-order valence-electron chi connectivity index (χ3n) is 11.9. The number of rotatable bonds is 3. The van der Waals surface area contributed by atoms with Crippen LogP contribution in [0.2, 0.25) is 49.9 Å². The summed E-state index contributed by atoms with van der Waals surface area (Å²) in [5.41, 5.74) is 0.0802. The summed E-state index contributed by atoms with van der Waals surface area (Å²) in [5.74, 6) is -1.49. The van der Waals surface area contributed by atoms with E-state index in [-0.39, 0.29) is 35.7 Å². The van der Waals surface area contributed by atoms with Gasteiger partial charge in [-0.05, 0) is 35.4 Å². The predicted octanol–water partition coefficient (Wildman–Crippen LogP) is 9.42. The van der Waals surface area contributed by atoms with Crippen LogP contribution in [0.3, 0.4) is 0 Å². The van der Waals surface area contributed by atoms with Crippen LogP contribution in [0, 0.1) is 11.6 Å². The molecule has 0 aromatic heterocycles. The second-order valence-corrected chi connectivity index (χ2v) is 36.3. The van der Waals surface area contributed by atoms with Crippen LogP contribution in [0.15, 0.2) is 0 Å². The fraction of sp³-hybridized carbons (Fsp3) is 0.818. The molecular weight excluding hydrogens is 529 g/mol. The number of hydrogen-bond acceptors (Lipinski definition) is 0. The van der Waals surface area contributed by atoms with Crippen molar-refractivity contribution in [3.05, 3.63) is 11.6 Å². The van der Waals surface area contributed by atoms with Crippen molar-refractivity contribution in [1.29, 1.82) is 0 Å². The number of hydrogen-bond donors (Lipinski definition) is 0. The van der Waals surface area contributed by atoms with Crippen molar-refractivity contribution in [2.45, 2.75) is 174 Å². The van der Waals surface area contributed by atoms with E-state index in [1.165, 1.54) is 0 Å². The Morgan fingerprint density at radius 3 is 0.821 bits per heavy atom. The highest BCUT2D eigenvalue weighted by Crippen LogP contribution is 2.56. The quantitative estimate of drug-likeness (QED) is 0.307. The van der Waals surface area contributed by atoms with E-state index in [0.717, 1.165) is 15.6 Å². The van der Waals surface area contributed by atoms with Crippen LogP contribution in [-0.4, -0.2) is 32.1 Å². The molecule has 0 aliphatic carbocycles. The first-order chi connectivity index (χ1) is 16.6. The molecule has 224 valence electrons. The molecule has 0 heterocycles. The summed E-state index contributed by atoms with van der Waals surface area (Å²) in [5, 5.41) is 1.96. The molecule has 0 spiro atoms. The van der Waals surface area contributed by atoms with Crippen LogP contribution < -0.4 is 21.0 Å². The Labute approximate surface area is 247 Å². The van der Waals surface area contributed by atoms with E-state index in [1.807, 2.05) is 0 Å². The van der Waals surface area contributed by atoms with Crippen LogP contribution in [0.25, 0.3) is 0 Å². The van der Waals surface area contributed by atoms with Gasteiger partial charge >= 0.3 is 0 Å². The van der Waals surface area contributed by atoms with Crippen LogP contribution in [0.5, 0.6) is 0 Å². The van der Waals surface area contributed by atoms with E-state index in [9.17, 15) is 0 Å². The van der Waals surface area contributed by atoms with Gasteiger partial charge in [0, 0.05) is 0 Å². The van der Waals surface area contributed by atoms with Crippen molar-refractivity contribution in [2.75, 3.05) is 0 Å². The zero-order valence-electron chi connectivity index (χ0n) is 29.8. The Hall–Kier alpha value is -0.204. The van der Waals surface area contributed by atoms with Crippen LogP contribution in [0.4, 0.5) is 8.78 Å². The van der Waals surface area contributed by atoms with Gasteiger partial charge in [-0.1, -0.05) is 160 Å². The molecule has 0 bridgehead atoms. The molecule has 0 saturated heterocycles. The maximum Gasteiger partial charge on any atom is 0.157 e. The van der Waals surface area contributed by atoms with Crippen LogP contribution in [-0.2, 0) is 0 Å². The van der Waals surface area contributed by atoms with Crippen molar-refractivity contribution in [3.8, 4) is 0 Å². The fourth-order valence-corrected chi connectivity index (χ4v) is 25.9. The molecule has 0 N–H and O–H groups in total. The largest absolute Gasteiger partial charge is 0.204 e. The van der Waals surface area contributed by atoms with Gasteiger partial charge in [-0.3, -0.25) is 0 Å². The Bertz CT molecular complexity index is 972. The zero-order valence-corrected chi connectivity index (χ0v) is 32.8. The van der Waals surface area contributed by atoms with Gasteiger partial charge in [0.15, 0.2) is 11.6 Å². The number of benzene rings is 1. The molecule has 2 radical (unpaired) electrons. The second-order valence-electron chi connectivity index (χ2n) is 19.0. The average molecular weight is 593 g/mol. The van der Waals surface area contributed by atoms with Crippen molar-refractivity contribution >= 4 is 53.1 Å². The monoisotopic (exact) mass is 592 g/mol. The molecule has 6 heteroatoms. The van der Waals surface area contributed by atoms with Crippen molar-refractivity contribution in [2.24, 2.45) is 0 Å². The first-order valence-electron chi connectivity index (χ1n) is 14.9. The van der Waals surface area contributed by atoms with Crippen LogP contribution in [0.1, 0.15) is 125 Å². The summed E-state index contributed by atoms with van der Waals surface area (Å²) in [6, 6.07) is 0. The first kappa shape index (κ1) is 36.8. The van der Waals surface area contributed by atoms with E-state index in [1.54, 1.807) is 0 Å². The Morgan fingerprint density at radius 1 is 0.385 bits per heavy atom. The smallest absolute Gasteiger partial charge is 0.157 e. The zero-order chi connectivity index (χ0) is 32.0. The van der Waals surface area contributed by atoms with Gasteiger partial charge in [-0.15, -0.1) is 0 Å². The van der Waals surface area contributed by atoms with Crippen molar-refractivity contribution in [1.82, 2.24) is 0 Å². The standard InChI is InChI=1S/C33H63BF2Si3/c1-28(2,3)37(19,29(4,5)6)25-22(34)23(35)24(36)26(38(20,30(7,8)9)31(10,11)12)27(25)39(21,32(13,14)15)33(16,17)18/h1-21H3. The molecule has 0 amide bonds. The van der Waals surface area contributed by atoms with Gasteiger partial charge in [0.05, 0.1) is 24.2 Å². The second kappa shape index (κ2) is 9.93. The first-order valence-corrected chi connectivity index (χ1v) is 22.4. The van der Waals surface area contributed by atoms with Gasteiger partial charge in [0.1, 0.15) is 7.85 Å². The molecule has 0 atom stereocenters. The van der Waals surface area contributed by atoms with Gasteiger partial charge in [0.2, 0.25) is 0 Å². The molecule has 1 rings (SSSR count). The lowest BCUT2D eigenvalue weighted by atomic mass is 9.95. The van der Waals surface area contributed by atoms with E-state index >= 15 is 8.78 Å². The molecule has 0 nitrogen and oxygen atoms in total. The minimum Gasteiger partial charge on any atom is -0.204 e. The number of halogens is 2. The van der Waals surface area contributed by atoms with Gasteiger partial charge in [0.25, 0.3) is 0 Å². The molecule has 0 saturated carbocycles. The average Bonchev–Trinajstić information content (AvgIpc) is 2.64. The summed E-state index contributed by atoms with van der Waals surface area (Å²) < 4.78 is 33.8. The minimum atomic E-state index is -2.78. The lowest BCUT2D eigenvalue weighted by Crippen LogP contribution is -2.82. The summed E-state index contributed by atoms with van der Waals surface area (Å²) in [7, 11) is -1.15. The molecule has 0 unspecified atom stereocenters. The highest BCUT2D eigenvalue weighted by molar-refractivity contribution is 7.10. The van der Waals surface area contributed by atoms with E-state index in [2.05, 4.69) is 144 Å². The minimum absolute atomic E-state index is 0.0802. The molecule has 1 aromatic carbocycles. The fourth-order valence-electron chi connectivity index (χ4n) is 7.82. The maximum atomic E-state index is 17.2. The predicted molar refractivity (Wildman–Crippen MR) is 184 cm³/mol. The molecule has 39 heavy (non-hydrogen) atoms. The molecular formula is C33H63BF2Si3. The van der Waals surface area contributed by atoms with Crippen molar-refractivity contribution in [3.63, 3.8) is 0 Å². The molecule has 0 aliphatic heterocycles. The third kappa shape index (κ3) is 5.28. The SMILES string of the molecule is [B]c1c(F)c(F)c([Si](C)(C(C)(C)C)C(C)(C)C)c([Si](C)(C(C)(C)C)C(C)(C)C)c1[Si](C)(C(C)(C)C)C(C)(C)C. The third-order valence-corrected chi connectivity index (χ3v) is 34.9. The highest BCUT2D eigenvalue weighted by Gasteiger charge is 2.62. The summed E-state index contributed by atoms with van der Waals surface area (Å²) in [6.45, 7) is 48.4. The van der Waals surface area contributed by atoms with E-state index < -0.39 is 35.9 Å². The molecule has 0 fully saturated rings. The normalized spacial score (nSPS) is 15.7. The summed E-state index contributed by atoms with van der Waals surface area (Å²) in [4.78, 5) is 0. The lowest BCUT2D eigenvalue weighted by molar-refractivity contribution is 0.516. The topological polar surface area (TPSA) is 0 Å². The Kier molecular flexibility index (Phi) is 9.37. The molecule has 0 aliphatic rings. The Balaban J connectivity index is 5.19. The lowest BCUT2D eigenvalue weighted by Gasteiger charge is -2.60. The van der Waals surface area contributed by atoms with Crippen LogP contribution >= 0.6 is 0 Å². The Morgan fingerprint density at radius 2 is 0.590 bits per heavy atom. The van der Waals surface area contributed by atoms with E-state index in [4.69, 9.17) is 7.85 Å². The van der Waals surface area contributed by atoms with Gasteiger partial charge in [-0.2, -0.15) is 0 Å². The van der Waals surface area contributed by atoms with Gasteiger partial charge < -0.3 is 0 Å².